The summed E-state index contributed by atoms with van der Waals surface area (Å²) in [6.07, 6.45) is 1.03. The number of nitrogens with zero attached hydrogens (tertiary/aromatic N) is 1. The van der Waals surface area contributed by atoms with Crippen LogP contribution in [-0.2, 0) is 16.0 Å². The van der Waals surface area contributed by atoms with Crippen LogP contribution in [-0.4, -0.2) is 37.6 Å². The third-order valence-corrected chi connectivity index (χ3v) is 3.89. The molecular formula is C13H21NO2S. The second-order valence-electron chi connectivity index (χ2n) is 4.50. The molecule has 17 heavy (non-hydrogen) atoms. The lowest BCUT2D eigenvalue weighted by Crippen LogP contribution is -2.36. The fourth-order valence-electron chi connectivity index (χ4n) is 1.76. The topological polar surface area (TPSA) is 29.5 Å². The van der Waals surface area contributed by atoms with E-state index in [4.69, 9.17) is 4.74 Å². The third kappa shape index (κ3) is 4.48. The van der Waals surface area contributed by atoms with E-state index < -0.39 is 0 Å². The van der Waals surface area contributed by atoms with Gasteiger partial charge in [-0.1, -0.05) is 13.0 Å². The molecule has 0 N–H and O–H groups in total. The van der Waals surface area contributed by atoms with Crippen molar-refractivity contribution in [1.82, 2.24) is 4.90 Å². The van der Waals surface area contributed by atoms with Gasteiger partial charge in [0.1, 0.15) is 0 Å². The van der Waals surface area contributed by atoms with Gasteiger partial charge in [-0.2, -0.15) is 0 Å². The van der Waals surface area contributed by atoms with Crippen LogP contribution in [0, 0.1) is 5.92 Å². The summed E-state index contributed by atoms with van der Waals surface area (Å²) in [6.45, 7) is 4.82. The van der Waals surface area contributed by atoms with Crippen molar-refractivity contribution >= 4 is 17.3 Å². The molecule has 0 fully saturated rings. The first-order chi connectivity index (χ1) is 8.04. The van der Waals surface area contributed by atoms with Crippen LogP contribution in [0.5, 0.6) is 0 Å². The molecule has 0 spiro atoms. The lowest BCUT2D eigenvalue weighted by Gasteiger charge is -2.26. The van der Waals surface area contributed by atoms with E-state index in [9.17, 15) is 4.79 Å². The number of carbonyl (C=O) groups excluding carboxylic acids is 1. The van der Waals surface area contributed by atoms with Gasteiger partial charge in [-0.05, 0) is 31.8 Å². The van der Waals surface area contributed by atoms with E-state index >= 15 is 0 Å². The molecule has 4 heteroatoms. The second kappa shape index (κ2) is 6.77. The lowest BCUT2D eigenvalue weighted by molar-refractivity contribution is -0.145. The van der Waals surface area contributed by atoms with Gasteiger partial charge in [0, 0.05) is 17.5 Å². The Kier molecular flexibility index (Phi) is 5.65. The maximum absolute atomic E-state index is 11.3. The molecule has 0 bridgehead atoms. The molecule has 0 saturated carbocycles. The molecule has 0 radical (unpaired) electrons. The van der Waals surface area contributed by atoms with E-state index in [2.05, 4.69) is 36.4 Å². The Bertz CT molecular complexity index is 337. The van der Waals surface area contributed by atoms with Crippen LogP contribution >= 0.6 is 11.3 Å². The highest BCUT2D eigenvalue weighted by Gasteiger charge is 2.18. The molecule has 0 amide bonds. The van der Waals surface area contributed by atoms with Crippen LogP contribution in [0.15, 0.2) is 17.5 Å². The Balaban J connectivity index is 2.41. The van der Waals surface area contributed by atoms with Crippen molar-refractivity contribution in [3.8, 4) is 0 Å². The van der Waals surface area contributed by atoms with Gasteiger partial charge in [-0.3, -0.25) is 4.79 Å². The maximum Gasteiger partial charge on any atom is 0.309 e. The highest BCUT2D eigenvalue weighted by Crippen LogP contribution is 2.14. The van der Waals surface area contributed by atoms with Gasteiger partial charge in [0.15, 0.2) is 0 Å². The third-order valence-electron chi connectivity index (χ3n) is 2.99. The van der Waals surface area contributed by atoms with Crippen LogP contribution in [0.2, 0.25) is 0 Å². The van der Waals surface area contributed by atoms with E-state index in [-0.39, 0.29) is 11.9 Å². The molecule has 1 aromatic rings. The van der Waals surface area contributed by atoms with Gasteiger partial charge in [-0.15, -0.1) is 11.3 Å². The van der Waals surface area contributed by atoms with Crippen LogP contribution in [0.25, 0.3) is 0 Å². The van der Waals surface area contributed by atoms with Crippen LogP contribution in [0.4, 0.5) is 0 Å². The number of ether oxygens (including phenoxy) is 1. The minimum absolute atomic E-state index is 0.0733. The molecule has 0 aliphatic carbocycles. The van der Waals surface area contributed by atoms with Gasteiger partial charge < -0.3 is 9.64 Å². The van der Waals surface area contributed by atoms with Crippen molar-refractivity contribution in [1.29, 1.82) is 0 Å². The lowest BCUT2D eigenvalue weighted by atomic mass is 10.1. The summed E-state index contributed by atoms with van der Waals surface area (Å²) >= 11 is 1.78. The number of hydrogen-bond donors (Lipinski definition) is 0. The molecule has 96 valence electrons. The number of rotatable bonds is 6. The monoisotopic (exact) mass is 255 g/mol. The first kappa shape index (κ1) is 14.2. The van der Waals surface area contributed by atoms with Crippen molar-refractivity contribution in [2.45, 2.75) is 26.3 Å². The zero-order valence-corrected chi connectivity index (χ0v) is 11.8. The summed E-state index contributed by atoms with van der Waals surface area (Å²) in [7, 11) is 3.49. The van der Waals surface area contributed by atoms with Crippen LogP contribution < -0.4 is 0 Å². The number of carbonyl (C=O) groups is 1. The molecule has 0 saturated heterocycles. The highest BCUT2D eigenvalue weighted by atomic mass is 32.1. The minimum atomic E-state index is -0.139. The molecule has 1 aromatic heterocycles. The maximum atomic E-state index is 11.3. The van der Waals surface area contributed by atoms with Crippen molar-refractivity contribution < 1.29 is 9.53 Å². The summed E-state index contributed by atoms with van der Waals surface area (Å²) in [5.41, 5.74) is 0. The number of hydrogen-bond acceptors (Lipinski definition) is 4. The number of methoxy groups -OCH3 is 1. The standard InChI is InChI=1S/C13H21NO2S/c1-10(13(15)16-4)9-14(3)11(2)8-12-6-5-7-17-12/h5-7,10-11H,8-9H2,1-4H3. The van der Waals surface area contributed by atoms with Crippen molar-refractivity contribution in [3.05, 3.63) is 22.4 Å². The highest BCUT2D eigenvalue weighted by molar-refractivity contribution is 7.09. The van der Waals surface area contributed by atoms with Crippen molar-refractivity contribution in [2.24, 2.45) is 5.92 Å². The van der Waals surface area contributed by atoms with Gasteiger partial charge in [0.25, 0.3) is 0 Å². The average molecular weight is 255 g/mol. The normalized spacial score (nSPS) is 14.6. The fourth-order valence-corrected chi connectivity index (χ4v) is 2.59. The summed E-state index contributed by atoms with van der Waals surface area (Å²) < 4.78 is 4.73. The van der Waals surface area contributed by atoms with Gasteiger partial charge in [0.05, 0.1) is 13.0 Å². The van der Waals surface area contributed by atoms with Gasteiger partial charge in [-0.25, -0.2) is 0 Å². The first-order valence-electron chi connectivity index (χ1n) is 5.85. The summed E-state index contributed by atoms with van der Waals surface area (Å²) in [5, 5.41) is 2.10. The van der Waals surface area contributed by atoms with Crippen LogP contribution in [0.3, 0.4) is 0 Å². The van der Waals surface area contributed by atoms with Crippen molar-refractivity contribution in [2.75, 3.05) is 20.7 Å². The molecule has 2 unspecified atom stereocenters. The van der Waals surface area contributed by atoms with E-state index in [1.807, 2.05) is 6.92 Å². The van der Waals surface area contributed by atoms with Gasteiger partial charge in [0.2, 0.25) is 0 Å². The zero-order valence-electron chi connectivity index (χ0n) is 11.0. The quantitative estimate of drug-likeness (QED) is 0.731. The Morgan fingerprint density at radius 2 is 2.24 bits per heavy atom. The summed E-state index contributed by atoms with van der Waals surface area (Å²) in [4.78, 5) is 14.9. The number of thiophene rings is 1. The smallest absolute Gasteiger partial charge is 0.309 e. The predicted octanol–water partition coefficient (Wildman–Crippen LogP) is 2.42. The van der Waals surface area contributed by atoms with E-state index in [1.54, 1.807) is 11.3 Å². The summed E-state index contributed by atoms with van der Waals surface area (Å²) in [5.74, 6) is -0.212. The largest absolute Gasteiger partial charge is 0.469 e. The average Bonchev–Trinajstić information content (AvgIpc) is 2.80. The number of likely N-dealkylation sites (N-methyl/N-ethyl adjacent to an activating group) is 1. The molecule has 0 aromatic carbocycles. The molecule has 3 nitrogen and oxygen atoms in total. The molecule has 1 heterocycles. The second-order valence-corrected chi connectivity index (χ2v) is 5.53. The van der Waals surface area contributed by atoms with Gasteiger partial charge >= 0.3 is 5.97 Å². The van der Waals surface area contributed by atoms with Crippen LogP contribution in [0.1, 0.15) is 18.7 Å². The summed E-state index contributed by atoms with van der Waals surface area (Å²) in [6, 6.07) is 4.66. The SMILES string of the molecule is COC(=O)C(C)CN(C)C(C)Cc1cccs1. The van der Waals surface area contributed by atoms with E-state index in [0.717, 1.165) is 13.0 Å². The minimum Gasteiger partial charge on any atom is -0.469 e. The molecular weight excluding hydrogens is 234 g/mol. The zero-order chi connectivity index (χ0) is 12.8. The number of esters is 1. The van der Waals surface area contributed by atoms with E-state index in [1.165, 1.54) is 12.0 Å². The fraction of sp³-hybridized carbons (Fsp3) is 0.615. The Labute approximate surface area is 107 Å². The predicted molar refractivity (Wildman–Crippen MR) is 71.3 cm³/mol. The molecule has 2 atom stereocenters. The Morgan fingerprint density at radius 1 is 1.53 bits per heavy atom. The van der Waals surface area contributed by atoms with Crippen molar-refractivity contribution in [3.63, 3.8) is 0 Å². The molecule has 1 rings (SSSR count). The molecule has 0 aliphatic rings. The Hall–Kier alpha value is -0.870. The first-order valence-corrected chi connectivity index (χ1v) is 6.73. The molecule has 0 aliphatic heterocycles. The van der Waals surface area contributed by atoms with E-state index in [0.29, 0.717) is 6.04 Å². The Morgan fingerprint density at radius 3 is 2.76 bits per heavy atom.